The van der Waals surface area contributed by atoms with Gasteiger partial charge in [0.2, 0.25) is 0 Å². The number of carbonyl (C=O) groups is 1. The Hall–Kier alpha value is -2.19. The van der Waals surface area contributed by atoms with E-state index in [2.05, 4.69) is 4.98 Å². The molecule has 8 heteroatoms. The van der Waals surface area contributed by atoms with Gasteiger partial charge in [-0.1, -0.05) is 0 Å². The predicted octanol–water partition coefficient (Wildman–Crippen LogP) is 0.515. The molecule has 0 atom stereocenters. The Labute approximate surface area is 131 Å². The van der Waals surface area contributed by atoms with Crippen molar-refractivity contribution in [1.29, 1.82) is 0 Å². The first-order chi connectivity index (χ1) is 10.4. The van der Waals surface area contributed by atoms with Crippen LogP contribution < -0.4 is 17.0 Å². The topological polar surface area (TPSA) is 101 Å². The maximum Gasteiger partial charge on any atom is 0.329 e. The first-order valence-corrected chi connectivity index (χ1v) is 7.73. The number of nitrogens with two attached hydrogens (primary N) is 1. The van der Waals surface area contributed by atoms with Gasteiger partial charge in [-0.25, -0.2) is 4.79 Å². The van der Waals surface area contributed by atoms with Gasteiger partial charge in [0.1, 0.15) is 11.4 Å². The largest absolute Gasteiger partial charge is 0.384 e. The molecule has 2 rings (SSSR count). The Morgan fingerprint density at radius 2 is 2.18 bits per heavy atom. The Bertz CT molecular complexity index is 776. The van der Waals surface area contributed by atoms with Crippen LogP contribution in [-0.4, -0.2) is 33.8 Å². The molecule has 0 bridgehead atoms. The molecule has 2 aromatic rings. The van der Waals surface area contributed by atoms with Crippen molar-refractivity contribution >= 4 is 22.9 Å². The van der Waals surface area contributed by atoms with E-state index in [0.29, 0.717) is 6.54 Å². The van der Waals surface area contributed by atoms with Gasteiger partial charge in [-0.15, -0.1) is 0 Å². The molecule has 22 heavy (non-hydrogen) atoms. The van der Waals surface area contributed by atoms with Crippen LogP contribution >= 0.6 is 11.3 Å². The smallest absolute Gasteiger partial charge is 0.329 e. The van der Waals surface area contributed by atoms with Crippen LogP contribution in [0.3, 0.4) is 0 Å². The summed E-state index contributed by atoms with van der Waals surface area (Å²) < 4.78 is 1.17. The lowest BCUT2D eigenvalue weighted by atomic mass is 10.1. The van der Waals surface area contributed by atoms with Crippen LogP contribution in [0.5, 0.6) is 0 Å². The highest BCUT2D eigenvalue weighted by molar-refractivity contribution is 7.07. The second-order valence-electron chi connectivity index (χ2n) is 4.99. The predicted molar refractivity (Wildman–Crippen MR) is 86.4 cm³/mol. The number of aromatic amines is 1. The molecule has 2 heterocycles. The standard InChI is InChI=1S/C14H18N4O3S/c1-3-18-12(15)11(13(20)16-14(18)21)10(19)7-17(2)6-9-4-5-22-8-9/h4-5,8H,3,6-7,15H2,1-2H3,(H,16,20,21). The summed E-state index contributed by atoms with van der Waals surface area (Å²) in [6.07, 6.45) is 0. The summed E-state index contributed by atoms with van der Waals surface area (Å²) in [5.74, 6) is -0.483. The molecule has 0 aliphatic carbocycles. The first kappa shape index (κ1) is 16.2. The SMILES string of the molecule is CCn1c(N)c(C(=O)CN(C)Cc2ccsc2)c(=O)[nH]c1=O. The highest BCUT2D eigenvalue weighted by atomic mass is 32.1. The number of nitrogens with zero attached hydrogens (tertiary/aromatic N) is 2. The van der Waals surface area contributed by atoms with E-state index >= 15 is 0 Å². The van der Waals surface area contributed by atoms with Gasteiger partial charge in [0, 0.05) is 13.1 Å². The third-order valence-electron chi connectivity index (χ3n) is 3.28. The normalized spacial score (nSPS) is 11.0. The molecule has 118 valence electrons. The van der Waals surface area contributed by atoms with E-state index in [0.717, 1.165) is 5.56 Å². The van der Waals surface area contributed by atoms with Crippen LogP contribution in [0.1, 0.15) is 22.8 Å². The average molecular weight is 322 g/mol. The minimum atomic E-state index is -0.735. The number of anilines is 1. The van der Waals surface area contributed by atoms with E-state index in [9.17, 15) is 14.4 Å². The van der Waals surface area contributed by atoms with Crippen molar-refractivity contribution in [3.05, 3.63) is 48.8 Å². The molecule has 0 saturated heterocycles. The number of hydrogen-bond donors (Lipinski definition) is 2. The number of carbonyl (C=O) groups excluding carboxylic acids is 1. The van der Waals surface area contributed by atoms with Gasteiger partial charge in [-0.3, -0.25) is 24.0 Å². The van der Waals surface area contributed by atoms with E-state index in [4.69, 9.17) is 5.73 Å². The number of thiophene rings is 1. The molecule has 7 nitrogen and oxygen atoms in total. The van der Waals surface area contributed by atoms with Gasteiger partial charge in [-0.05, 0) is 36.4 Å². The van der Waals surface area contributed by atoms with Crippen molar-refractivity contribution in [2.45, 2.75) is 20.0 Å². The van der Waals surface area contributed by atoms with Gasteiger partial charge in [-0.2, -0.15) is 11.3 Å². The Kier molecular flexibility index (Phi) is 4.94. The summed E-state index contributed by atoms with van der Waals surface area (Å²) in [4.78, 5) is 39.8. The molecule has 0 aromatic carbocycles. The van der Waals surface area contributed by atoms with Crippen LogP contribution in [0.2, 0.25) is 0 Å². The third-order valence-corrected chi connectivity index (χ3v) is 4.01. The lowest BCUT2D eigenvalue weighted by Gasteiger charge is -2.16. The number of ketones is 1. The second kappa shape index (κ2) is 6.71. The molecule has 0 saturated carbocycles. The number of hydrogen-bond acceptors (Lipinski definition) is 6. The molecule has 0 radical (unpaired) electrons. The van der Waals surface area contributed by atoms with Gasteiger partial charge in [0.25, 0.3) is 5.56 Å². The van der Waals surface area contributed by atoms with E-state index in [1.807, 2.05) is 16.8 Å². The van der Waals surface area contributed by atoms with E-state index < -0.39 is 17.0 Å². The minimum absolute atomic E-state index is 0.0467. The number of H-pyrrole nitrogens is 1. The average Bonchev–Trinajstić information content (AvgIpc) is 2.90. The molecule has 0 aliphatic rings. The molecule has 3 N–H and O–H groups in total. The summed E-state index contributed by atoms with van der Waals surface area (Å²) in [6, 6.07) is 1.98. The Balaban J connectivity index is 2.23. The van der Waals surface area contributed by atoms with Crippen molar-refractivity contribution < 1.29 is 4.79 Å². The highest BCUT2D eigenvalue weighted by Gasteiger charge is 2.20. The summed E-state index contributed by atoms with van der Waals surface area (Å²) in [7, 11) is 1.79. The minimum Gasteiger partial charge on any atom is -0.384 e. The summed E-state index contributed by atoms with van der Waals surface area (Å²) in [6.45, 7) is 2.64. The summed E-state index contributed by atoms with van der Waals surface area (Å²) in [5, 5.41) is 3.96. The summed E-state index contributed by atoms with van der Waals surface area (Å²) >= 11 is 1.58. The van der Waals surface area contributed by atoms with Crippen molar-refractivity contribution in [2.75, 3.05) is 19.3 Å². The lowest BCUT2D eigenvalue weighted by Crippen LogP contribution is -2.38. The van der Waals surface area contributed by atoms with E-state index in [1.54, 1.807) is 30.2 Å². The Morgan fingerprint density at radius 1 is 1.45 bits per heavy atom. The van der Waals surface area contributed by atoms with Crippen molar-refractivity contribution in [2.24, 2.45) is 0 Å². The van der Waals surface area contributed by atoms with Crippen molar-refractivity contribution in [3.63, 3.8) is 0 Å². The maximum atomic E-state index is 12.4. The lowest BCUT2D eigenvalue weighted by molar-refractivity contribution is 0.0941. The molecule has 0 aliphatic heterocycles. The van der Waals surface area contributed by atoms with Crippen LogP contribution in [-0.2, 0) is 13.1 Å². The van der Waals surface area contributed by atoms with E-state index in [1.165, 1.54) is 4.57 Å². The zero-order valence-electron chi connectivity index (χ0n) is 12.5. The molecule has 0 unspecified atom stereocenters. The number of rotatable bonds is 6. The molecule has 0 amide bonds. The molecule has 2 aromatic heterocycles. The van der Waals surface area contributed by atoms with Gasteiger partial charge in [0.15, 0.2) is 5.78 Å². The monoisotopic (exact) mass is 322 g/mol. The second-order valence-corrected chi connectivity index (χ2v) is 5.77. The Morgan fingerprint density at radius 3 is 2.77 bits per heavy atom. The van der Waals surface area contributed by atoms with Crippen LogP contribution in [0.15, 0.2) is 26.4 Å². The van der Waals surface area contributed by atoms with Gasteiger partial charge in [0.05, 0.1) is 6.54 Å². The van der Waals surface area contributed by atoms with Crippen LogP contribution in [0.4, 0.5) is 5.82 Å². The zero-order valence-corrected chi connectivity index (χ0v) is 13.3. The van der Waals surface area contributed by atoms with Crippen LogP contribution in [0.25, 0.3) is 0 Å². The van der Waals surface area contributed by atoms with Gasteiger partial charge >= 0.3 is 5.69 Å². The molecule has 0 spiro atoms. The fraction of sp³-hybridized carbons (Fsp3) is 0.357. The zero-order chi connectivity index (χ0) is 16.3. The van der Waals surface area contributed by atoms with E-state index in [-0.39, 0.29) is 24.5 Å². The number of nitrogen functional groups attached to an aromatic ring is 1. The number of Topliss-reactive ketones (excluding diaryl/α,β-unsaturated/α-hetero) is 1. The molecular formula is C14H18N4O3S. The summed E-state index contributed by atoms with van der Waals surface area (Å²) in [5.41, 5.74) is 5.42. The molecule has 0 fully saturated rings. The first-order valence-electron chi connectivity index (χ1n) is 6.79. The van der Waals surface area contributed by atoms with Gasteiger partial charge < -0.3 is 5.73 Å². The maximum absolute atomic E-state index is 12.4. The number of nitrogens with one attached hydrogen (secondary N) is 1. The quantitative estimate of drug-likeness (QED) is 0.755. The number of likely N-dealkylation sites (N-methyl/N-ethyl adjacent to an activating group) is 1. The fourth-order valence-electron chi connectivity index (χ4n) is 2.25. The third kappa shape index (κ3) is 3.34. The highest BCUT2D eigenvalue weighted by Crippen LogP contribution is 2.10. The van der Waals surface area contributed by atoms with Crippen molar-refractivity contribution in [1.82, 2.24) is 14.5 Å². The van der Waals surface area contributed by atoms with Crippen molar-refractivity contribution in [3.8, 4) is 0 Å². The molecular weight excluding hydrogens is 304 g/mol. The fourth-order valence-corrected chi connectivity index (χ4v) is 2.91. The van der Waals surface area contributed by atoms with Crippen LogP contribution in [0, 0.1) is 0 Å². The number of aromatic nitrogens is 2.